The minimum absolute atomic E-state index is 0.598. The molecule has 66 valence electrons. The van der Waals surface area contributed by atoms with Gasteiger partial charge in [-0.2, -0.15) is 5.26 Å². The van der Waals surface area contributed by atoms with Crippen molar-refractivity contribution in [3.8, 4) is 6.07 Å². The van der Waals surface area contributed by atoms with Crippen molar-refractivity contribution in [2.75, 3.05) is 17.6 Å². The minimum atomic E-state index is 0.598. The third kappa shape index (κ3) is 2.24. The normalized spacial score (nSPS) is 8.85. The molecule has 0 fully saturated rings. The average Bonchev–Trinajstić information content (AvgIpc) is 2.17. The van der Waals surface area contributed by atoms with Gasteiger partial charge in [-0.05, 0) is 18.2 Å². The Balaban J connectivity index is 2.91. The van der Waals surface area contributed by atoms with Crippen LogP contribution in [0.5, 0.6) is 0 Å². The van der Waals surface area contributed by atoms with Crippen LogP contribution in [0, 0.1) is 11.3 Å². The van der Waals surface area contributed by atoms with Crippen molar-refractivity contribution in [3.05, 3.63) is 36.4 Å². The fourth-order valence-corrected chi connectivity index (χ4v) is 0.961. The van der Waals surface area contributed by atoms with Gasteiger partial charge < -0.3 is 11.1 Å². The molecule has 0 saturated heterocycles. The van der Waals surface area contributed by atoms with E-state index in [2.05, 4.69) is 11.9 Å². The number of benzene rings is 1. The Kier molecular flexibility index (Phi) is 2.93. The van der Waals surface area contributed by atoms with Gasteiger partial charge in [-0.1, -0.05) is 6.08 Å². The molecular formula is C10H11N3. The number of nitrogen functional groups attached to an aromatic ring is 1. The van der Waals surface area contributed by atoms with Crippen LogP contribution in [0.3, 0.4) is 0 Å². The first kappa shape index (κ1) is 9.14. The second-order valence-electron chi connectivity index (χ2n) is 2.58. The van der Waals surface area contributed by atoms with Crippen molar-refractivity contribution >= 4 is 11.4 Å². The van der Waals surface area contributed by atoms with Gasteiger partial charge in [0.25, 0.3) is 0 Å². The Morgan fingerprint density at radius 3 is 3.00 bits per heavy atom. The molecule has 1 aromatic carbocycles. The van der Waals surface area contributed by atoms with E-state index in [1.807, 2.05) is 6.07 Å². The molecule has 0 unspecified atom stereocenters. The first-order chi connectivity index (χ1) is 6.27. The maximum Gasteiger partial charge on any atom is 0.0992 e. The number of hydrogen-bond acceptors (Lipinski definition) is 3. The van der Waals surface area contributed by atoms with Crippen molar-refractivity contribution in [2.45, 2.75) is 0 Å². The van der Waals surface area contributed by atoms with E-state index < -0.39 is 0 Å². The summed E-state index contributed by atoms with van der Waals surface area (Å²) in [5.74, 6) is 0. The van der Waals surface area contributed by atoms with Gasteiger partial charge in [0.05, 0.1) is 23.0 Å². The summed E-state index contributed by atoms with van der Waals surface area (Å²) in [6.07, 6.45) is 1.73. The van der Waals surface area contributed by atoms with E-state index in [-0.39, 0.29) is 0 Å². The van der Waals surface area contributed by atoms with Gasteiger partial charge in [0.15, 0.2) is 0 Å². The van der Waals surface area contributed by atoms with Gasteiger partial charge in [-0.25, -0.2) is 0 Å². The highest BCUT2D eigenvalue weighted by molar-refractivity contribution is 5.68. The largest absolute Gasteiger partial charge is 0.397 e. The van der Waals surface area contributed by atoms with Crippen LogP contribution < -0.4 is 11.1 Å². The average molecular weight is 173 g/mol. The zero-order valence-electron chi connectivity index (χ0n) is 7.25. The van der Waals surface area contributed by atoms with Crippen LogP contribution in [0.2, 0.25) is 0 Å². The molecule has 3 N–H and O–H groups in total. The number of rotatable bonds is 3. The molecule has 13 heavy (non-hydrogen) atoms. The molecule has 0 aromatic heterocycles. The smallest absolute Gasteiger partial charge is 0.0992 e. The summed E-state index contributed by atoms with van der Waals surface area (Å²) in [4.78, 5) is 0. The van der Waals surface area contributed by atoms with Gasteiger partial charge in [-0.3, -0.25) is 0 Å². The number of nitrogens with zero attached hydrogens (tertiary/aromatic N) is 1. The summed E-state index contributed by atoms with van der Waals surface area (Å²) in [5, 5.41) is 11.7. The highest BCUT2D eigenvalue weighted by atomic mass is 14.9. The van der Waals surface area contributed by atoms with Gasteiger partial charge >= 0.3 is 0 Å². The quantitative estimate of drug-likeness (QED) is 0.540. The summed E-state index contributed by atoms with van der Waals surface area (Å²) in [6.45, 7) is 4.22. The number of anilines is 2. The standard InChI is InChI=1S/C10H11N3/c1-2-5-13-10-6-8(7-11)3-4-9(10)12/h2-4,6,13H,1,5,12H2. The summed E-state index contributed by atoms with van der Waals surface area (Å²) in [7, 11) is 0. The van der Waals surface area contributed by atoms with Crippen molar-refractivity contribution in [1.82, 2.24) is 0 Å². The first-order valence-electron chi connectivity index (χ1n) is 3.92. The van der Waals surface area contributed by atoms with Gasteiger partial charge in [0.2, 0.25) is 0 Å². The molecule has 0 atom stereocenters. The molecule has 0 amide bonds. The van der Waals surface area contributed by atoms with Crippen LogP contribution in [0.1, 0.15) is 5.56 Å². The second-order valence-corrected chi connectivity index (χ2v) is 2.58. The zero-order valence-corrected chi connectivity index (χ0v) is 7.25. The SMILES string of the molecule is C=CCNc1cc(C#N)ccc1N. The Morgan fingerprint density at radius 2 is 2.38 bits per heavy atom. The van der Waals surface area contributed by atoms with E-state index in [9.17, 15) is 0 Å². The number of nitrogens with two attached hydrogens (primary N) is 1. The van der Waals surface area contributed by atoms with Crippen molar-refractivity contribution < 1.29 is 0 Å². The predicted octanol–water partition coefficient (Wildman–Crippen LogP) is 1.74. The molecule has 0 aliphatic carbocycles. The Labute approximate surface area is 77.5 Å². The fourth-order valence-electron chi connectivity index (χ4n) is 0.961. The molecule has 3 heteroatoms. The van der Waals surface area contributed by atoms with E-state index in [0.717, 1.165) is 5.69 Å². The highest BCUT2D eigenvalue weighted by Gasteiger charge is 1.98. The van der Waals surface area contributed by atoms with Crippen molar-refractivity contribution in [3.63, 3.8) is 0 Å². The lowest BCUT2D eigenvalue weighted by atomic mass is 10.2. The minimum Gasteiger partial charge on any atom is -0.397 e. The highest BCUT2D eigenvalue weighted by Crippen LogP contribution is 2.19. The first-order valence-corrected chi connectivity index (χ1v) is 3.92. The number of nitrogens with one attached hydrogen (secondary N) is 1. The molecule has 0 radical (unpaired) electrons. The van der Waals surface area contributed by atoms with E-state index >= 15 is 0 Å². The van der Waals surface area contributed by atoms with Crippen LogP contribution in [0.4, 0.5) is 11.4 Å². The van der Waals surface area contributed by atoms with Crippen LogP contribution in [0.25, 0.3) is 0 Å². The molecule has 0 heterocycles. The van der Waals surface area contributed by atoms with Crippen LogP contribution in [-0.2, 0) is 0 Å². The molecule has 0 bridgehead atoms. The third-order valence-corrected chi connectivity index (χ3v) is 1.62. The summed E-state index contributed by atoms with van der Waals surface area (Å²) in [6, 6.07) is 7.17. The lowest BCUT2D eigenvalue weighted by molar-refractivity contribution is 1.34. The molecule has 1 aromatic rings. The molecule has 0 spiro atoms. The van der Waals surface area contributed by atoms with Crippen LogP contribution in [0.15, 0.2) is 30.9 Å². The maximum atomic E-state index is 8.64. The molecular weight excluding hydrogens is 162 g/mol. The molecule has 0 aliphatic heterocycles. The van der Waals surface area contributed by atoms with E-state index in [1.165, 1.54) is 0 Å². The zero-order chi connectivity index (χ0) is 9.68. The maximum absolute atomic E-state index is 8.64. The van der Waals surface area contributed by atoms with Gasteiger partial charge in [0.1, 0.15) is 0 Å². The summed E-state index contributed by atoms with van der Waals surface area (Å²) in [5.41, 5.74) is 7.69. The van der Waals surface area contributed by atoms with Crippen LogP contribution >= 0.6 is 0 Å². The van der Waals surface area contributed by atoms with E-state index in [1.54, 1.807) is 24.3 Å². The Bertz CT molecular complexity index is 350. The predicted molar refractivity (Wildman–Crippen MR) is 54.3 cm³/mol. The molecule has 3 nitrogen and oxygen atoms in total. The van der Waals surface area contributed by atoms with Gasteiger partial charge in [-0.15, -0.1) is 6.58 Å². The van der Waals surface area contributed by atoms with E-state index in [4.69, 9.17) is 11.0 Å². The second kappa shape index (κ2) is 4.17. The molecule has 0 aliphatic rings. The third-order valence-electron chi connectivity index (χ3n) is 1.62. The summed E-state index contributed by atoms with van der Waals surface area (Å²) < 4.78 is 0. The van der Waals surface area contributed by atoms with Crippen molar-refractivity contribution in [1.29, 1.82) is 5.26 Å². The summed E-state index contributed by atoms with van der Waals surface area (Å²) >= 11 is 0. The van der Waals surface area contributed by atoms with E-state index in [0.29, 0.717) is 17.8 Å². The molecule has 0 saturated carbocycles. The molecule has 1 rings (SSSR count). The van der Waals surface area contributed by atoms with Crippen molar-refractivity contribution in [2.24, 2.45) is 0 Å². The number of hydrogen-bond donors (Lipinski definition) is 2. The van der Waals surface area contributed by atoms with Gasteiger partial charge in [0, 0.05) is 6.54 Å². The Morgan fingerprint density at radius 1 is 1.62 bits per heavy atom. The number of nitriles is 1. The Hall–Kier alpha value is -1.95. The fraction of sp³-hybridized carbons (Fsp3) is 0.100. The topological polar surface area (TPSA) is 61.8 Å². The van der Waals surface area contributed by atoms with Crippen LogP contribution in [-0.4, -0.2) is 6.54 Å². The lowest BCUT2D eigenvalue weighted by Gasteiger charge is -2.06. The monoisotopic (exact) mass is 173 g/mol. The lowest BCUT2D eigenvalue weighted by Crippen LogP contribution is -2.01.